The normalized spacial score (nSPS) is 11.0. The van der Waals surface area contributed by atoms with Gasteiger partial charge in [0, 0.05) is 7.11 Å². The van der Waals surface area contributed by atoms with Crippen LogP contribution in [0, 0.1) is 5.41 Å². The monoisotopic (exact) mass is 360 g/mol. The lowest BCUT2D eigenvalue weighted by Crippen LogP contribution is -2.39. The summed E-state index contributed by atoms with van der Waals surface area (Å²) in [6.07, 6.45) is -0.221. The van der Waals surface area contributed by atoms with E-state index in [1.807, 2.05) is 0 Å². The molecule has 9 nitrogen and oxygen atoms in total. The molecular weight excluding hydrogens is 324 g/mol. The van der Waals surface area contributed by atoms with Crippen molar-refractivity contribution in [1.29, 1.82) is 0 Å². The van der Waals surface area contributed by atoms with Crippen LogP contribution in [0.1, 0.15) is 27.7 Å². The Labute approximate surface area is 144 Å². The fraction of sp³-hybridized carbons (Fsp3) is 0.933. The first-order valence-electron chi connectivity index (χ1n) is 7.24. The molecule has 0 aliphatic carbocycles. The lowest BCUT2D eigenvalue weighted by Gasteiger charge is -2.25. The maximum Gasteiger partial charge on any atom is 0.316 e. The molecule has 150 valence electrons. The van der Waals surface area contributed by atoms with Gasteiger partial charge in [-0.1, -0.05) is 14.4 Å². The van der Waals surface area contributed by atoms with E-state index in [-0.39, 0.29) is 33.9 Å². The van der Waals surface area contributed by atoms with E-state index in [2.05, 4.69) is 0 Å². The predicted octanol–water partition coefficient (Wildman–Crippen LogP) is -1.48. The third-order valence-corrected chi connectivity index (χ3v) is 2.60. The summed E-state index contributed by atoms with van der Waals surface area (Å²) in [6, 6.07) is 0. The minimum absolute atomic E-state index is 0. The largest absolute Gasteiger partial charge is 0.463 e. The van der Waals surface area contributed by atoms with Crippen LogP contribution in [0.4, 0.5) is 0 Å². The smallest absolute Gasteiger partial charge is 0.316 e. The summed E-state index contributed by atoms with van der Waals surface area (Å²) in [5.41, 5.74) is -1.17. The van der Waals surface area contributed by atoms with Crippen molar-refractivity contribution in [2.24, 2.45) is 5.41 Å². The number of esters is 1. The number of rotatable bonds is 9. The summed E-state index contributed by atoms with van der Waals surface area (Å²) in [5, 5.41) is 49.3. The zero-order valence-corrected chi connectivity index (χ0v) is 14.1. The molecule has 0 fully saturated rings. The van der Waals surface area contributed by atoms with Crippen molar-refractivity contribution in [3.05, 3.63) is 0 Å². The molecule has 0 aromatic heterocycles. The van der Waals surface area contributed by atoms with Crippen molar-refractivity contribution in [1.82, 2.24) is 0 Å². The molecule has 0 saturated heterocycles. The maximum atomic E-state index is 11.4. The zero-order valence-electron chi connectivity index (χ0n) is 14.1. The molecule has 9 heteroatoms. The Morgan fingerprint density at radius 3 is 1.67 bits per heavy atom. The van der Waals surface area contributed by atoms with Crippen LogP contribution in [0.2, 0.25) is 0 Å². The number of carbonyl (C=O) groups excluding carboxylic acids is 1. The molecule has 0 saturated carbocycles. The van der Waals surface area contributed by atoms with E-state index >= 15 is 0 Å². The fourth-order valence-electron chi connectivity index (χ4n) is 0.918. The Bertz CT molecular complexity index is 233. The van der Waals surface area contributed by atoms with Crippen LogP contribution in [-0.4, -0.2) is 96.1 Å². The van der Waals surface area contributed by atoms with Crippen molar-refractivity contribution in [2.45, 2.75) is 33.8 Å². The number of methoxy groups -OCH3 is 1. The van der Waals surface area contributed by atoms with Gasteiger partial charge in [-0.3, -0.25) is 4.79 Å². The number of carbonyl (C=O) groups is 1. The summed E-state index contributed by atoms with van der Waals surface area (Å²) >= 11 is 0. The predicted molar refractivity (Wildman–Crippen MR) is 89.4 cm³/mol. The lowest BCUT2D eigenvalue weighted by molar-refractivity contribution is -0.163. The molecule has 6 N–H and O–H groups in total. The second-order valence-corrected chi connectivity index (χ2v) is 4.56. The molecule has 0 aliphatic rings. The van der Waals surface area contributed by atoms with E-state index in [4.69, 9.17) is 40.1 Å². The fourth-order valence-corrected chi connectivity index (χ4v) is 0.918. The van der Waals surface area contributed by atoms with Gasteiger partial charge in [0.1, 0.15) is 12.0 Å². The summed E-state index contributed by atoms with van der Waals surface area (Å²) in [6.45, 7) is 2.47. The van der Waals surface area contributed by atoms with Crippen molar-refractivity contribution < 1.29 is 44.9 Å². The second kappa shape index (κ2) is 22.2. The van der Waals surface area contributed by atoms with E-state index in [9.17, 15) is 4.79 Å². The Morgan fingerprint density at radius 1 is 1.04 bits per heavy atom. The molecule has 0 spiro atoms. The van der Waals surface area contributed by atoms with Gasteiger partial charge in [-0.05, 0) is 13.3 Å². The number of aliphatic hydroxyl groups excluding tert-OH is 6. The first kappa shape index (κ1) is 31.0. The third-order valence-electron chi connectivity index (χ3n) is 2.60. The van der Waals surface area contributed by atoms with Gasteiger partial charge in [0.05, 0.1) is 45.7 Å². The minimum atomic E-state index is -1.17. The maximum absolute atomic E-state index is 11.4. The highest BCUT2D eigenvalue weighted by Gasteiger charge is 2.37. The quantitative estimate of drug-likeness (QED) is 0.213. The second-order valence-electron chi connectivity index (χ2n) is 4.56. The minimum Gasteiger partial charge on any atom is -0.463 e. The van der Waals surface area contributed by atoms with Crippen LogP contribution in [0.5, 0.6) is 0 Å². The Balaban J connectivity index is -0.000000166. The van der Waals surface area contributed by atoms with Gasteiger partial charge >= 0.3 is 5.97 Å². The lowest BCUT2D eigenvalue weighted by atomic mass is 9.87. The first-order chi connectivity index (χ1) is 10.8. The van der Waals surface area contributed by atoms with E-state index < -0.39 is 30.7 Å². The van der Waals surface area contributed by atoms with Crippen molar-refractivity contribution >= 4 is 5.97 Å². The van der Waals surface area contributed by atoms with Crippen LogP contribution in [0.3, 0.4) is 0 Å². The number of hydrogen-bond acceptors (Lipinski definition) is 9. The third kappa shape index (κ3) is 17.5. The van der Waals surface area contributed by atoms with Crippen LogP contribution in [0.15, 0.2) is 0 Å². The summed E-state index contributed by atoms with van der Waals surface area (Å²) in [7, 11) is 1.50. The van der Waals surface area contributed by atoms with Crippen LogP contribution in [-0.2, 0) is 14.3 Å². The highest BCUT2D eigenvalue weighted by molar-refractivity contribution is 5.77. The molecule has 0 bridgehead atoms. The molecule has 0 aromatic rings. The van der Waals surface area contributed by atoms with E-state index in [1.54, 1.807) is 6.92 Å². The highest BCUT2D eigenvalue weighted by atomic mass is 16.6. The molecule has 0 aromatic carbocycles. The molecule has 1 unspecified atom stereocenters. The first-order valence-corrected chi connectivity index (χ1v) is 7.24. The molecule has 0 radical (unpaired) electrons. The topological polar surface area (TPSA) is 157 Å². The molecule has 0 aliphatic heterocycles. The molecule has 1 atom stereocenters. The Hall–Kier alpha value is -0.810. The van der Waals surface area contributed by atoms with Gasteiger partial charge in [0.2, 0.25) is 0 Å². The molecule has 0 amide bonds. The van der Waals surface area contributed by atoms with Gasteiger partial charge in [-0.15, -0.1) is 0 Å². The van der Waals surface area contributed by atoms with Gasteiger partial charge in [0.25, 0.3) is 0 Å². The van der Waals surface area contributed by atoms with Gasteiger partial charge < -0.3 is 40.1 Å². The highest BCUT2D eigenvalue weighted by Crippen LogP contribution is 2.22. The Kier molecular flexibility index (Phi) is 28.7. The standard InChI is InChI=1S/C9H18O5.C3H8O2.C2H6O2.CH4/c1-3-9(6-10,7-11)8(12)14-5-4-13-2;1-3(5)2-4;3-1-2-4;/h10-11H,3-7H2,1-2H3;3-5H,2H2,1H3;3-4H,1-2H2;1H4. The van der Waals surface area contributed by atoms with Gasteiger partial charge in [-0.25, -0.2) is 0 Å². The SMILES string of the molecule is C.CC(O)CO.CCC(CO)(CO)C(=O)OCCOC.OCCO. The average molecular weight is 360 g/mol. The molecular formula is C15H36O9. The van der Waals surface area contributed by atoms with Crippen molar-refractivity contribution in [2.75, 3.05) is 53.4 Å². The summed E-state index contributed by atoms with van der Waals surface area (Å²) in [5.74, 6) is -0.581. The van der Waals surface area contributed by atoms with E-state index in [0.717, 1.165) is 0 Å². The van der Waals surface area contributed by atoms with Gasteiger partial charge in [0.15, 0.2) is 0 Å². The number of hydrogen-bond donors (Lipinski definition) is 6. The van der Waals surface area contributed by atoms with Crippen molar-refractivity contribution in [3.63, 3.8) is 0 Å². The Morgan fingerprint density at radius 2 is 1.46 bits per heavy atom. The average Bonchev–Trinajstić information content (AvgIpc) is 2.58. The number of aliphatic hydroxyl groups is 6. The van der Waals surface area contributed by atoms with Crippen LogP contribution in [0.25, 0.3) is 0 Å². The summed E-state index contributed by atoms with van der Waals surface area (Å²) in [4.78, 5) is 11.4. The van der Waals surface area contributed by atoms with E-state index in [0.29, 0.717) is 13.0 Å². The van der Waals surface area contributed by atoms with Crippen LogP contribution >= 0.6 is 0 Å². The van der Waals surface area contributed by atoms with Crippen LogP contribution < -0.4 is 0 Å². The zero-order chi connectivity index (χ0) is 18.7. The van der Waals surface area contributed by atoms with Gasteiger partial charge in [-0.2, -0.15) is 0 Å². The molecule has 0 heterocycles. The van der Waals surface area contributed by atoms with E-state index in [1.165, 1.54) is 14.0 Å². The summed E-state index contributed by atoms with van der Waals surface area (Å²) < 4.78 is 9.54. The molecule has 0 rings (SSSR count). The van der Waals surface area contributed by atoms with Crippen molar-refractivity contribution in [3.8, 4) is 0 Å². The molecule has 24 heavy (non-hydrogen) atoms. The number of ether oxygens (including phenoxy) is 2.